The van der Waals surface area contributed by atoms with Crippen LogP contribution in [-0.4, -0.2) is 29.9 Å². The number of rotatable bonds is 3. The fourth-order valence-electron chi connectivity index (χ4n) is 2.26. The number of nitrogens with zero attached hydrogens (tertiary/aromatic N) is 1. The summed E-state index contributed by atoms with van der Waals surface area (Å²) in [6, 6.07) is 0. The smallest absolute Gasteiger partial charge is 0.249 e. The van der Waals surface area contributed by atoms with E-state index in [1.165, 1.54) is 0 Å². The van der Waals surface area contributed by atoms with E-state index in [1.807, 2.05) is 0 Å². The van der Waals surface area contributed by atoms with E-state index in [9.17, 15) is 9.90 Å². The maximum absolute atomic E-state index is 11.7. The van der Waals surface area contributed by atoms with Gasteiger partial charge in [0.2, 0.25) is 5.91 Å². The van der Waals surface area contributed by atoms with Gasteiger partial charge in [-0.05, 0) is 12.8 Å². The zero-order chi connectivity index (χ0) is 11.4. The number of aliphatic hydroxyl groups is 1. The summed E-state index contributed by atoms with van der Waals surface area (Å²) in [4.78, 5) is 15.6. The van der Waals surface area contributed by atoms with Crippen molar-refractivity contribution in [1.82, 2.24) is 5.32 Å². The van der Waals surface area contributed by atoms with Crippen LogP contribution < -0.4 is 5.32 Å². The van der Waals surface area contributed by atoms with Crippen molar-refractivity contribution in [2.24, 2.45) is 10.9 Å². The van der Waals surface area contributed by atoms with Crippen LogP contribution in [-0.2, 0) is 4.79 Å². The van der Waals surface area contributed by atoms with Crippen molar-refractivity contribution in [2.45, 2.75) is 38.2 Å². The Hall–Kier alpha value is -1.16. The van der Waals surface area contributed by atoms with Gasteiger partial charge in [-0.3, -0.25) is 9.79 Å². The summed E-state index contributed by atoms with van der Waals surface area (Å²) in [7, 11) is 0. The first-order valence-corrected chi connectivity index (χ1v) is 5.94. The first-order chi connectivity index (χ1) is 7.77. The van der Waals surface area contributed by atoms with Gasteiger partial charge in [-0.15, -0.1) is 0 Å². The molecule has 16 heavy (non-hydrogen) atoms. The maximum Gasteiger partial charge on any atom is 0.249 e. The van der Waals surface area contributed by atoms with Crippen LogP contribution in [0, 0.1) is 5.92 Å². The van der Waals surface area contributed by atoms with Gasteiger partial charge >= 0.3 is 0 Å². The standard InChI is InChI=1S/C12H18N2O2/c15-11-4-2-1-3-9(11)8-14-12(16)10-5-6-13-7-10/h6-7,9,11,15H,1-5,8H2,(H,14,16). The van der Waals surface area contributed by atoms with Crippen molar-refractivity contribution in [3.8, 4) is 0 Å². The predicted molar refractivity (Wildman–Crippen MR) is 62.2 cm³/mol. The van der Waals surface area contributed by atoms with Gasteiger partial charge in [0, 0.05) is 36.9 Å². The van der Waals surface area contributed by atoms with Crippen LogP contribution in [0.4, 0.5) is 0 Å². The molecule has 1 saturated carbocycles. The van der Waals surface area contributed by atoms with E-state index in [4.69, 9.17) is 0 Å². The lowest BCUT2D eigenvalue weighted by Crippen LogP contribution is -2.37. The first kappa shape index (κ1) is 11.3. The highest BCUT2D eigenvalue weighted by Gasteiger charge is 2.23. The second kappa shape index (κ2) is 5.25. The van der Waals surface area contributed by atoms with Crippen LogP contribution in [0.1, 0.15) is 32.1 Å². The minimum atomic E-state index is -0.247. The molecule has 0 spiro atoms. The van der Waals surface area contributed by atoms with E-state index in [0.717, 1.165) is 25.7 Å². The Morgan fingerprint density at radius 1 is 1.50 bits per heavy atom. The lowest BCUT2D eigenvalue weighted by Gasteiger charge is -2.27. The molecule has 2 atom stereocenters. The Kier molecular flexibility index (Phi) is 3.72. The Bertz CT molecular complexity index is 323. The topological polar surface area (TPSA) is 61.7 Å². The average molecular weight is 222 g/mol. The number of hydrogen-bond donors (Lipinski definition) is 2. The van der Waals surface area contributed by atoms with E-state index in [1.54, 1.807) is 12.4 Å². The monoisotopic (exact) mass is 222 g/mol. The van der Waals surface area contributed by atoms with Crippen molar-refractivity contribution in [2.75, 3.05) is 6.54 Å². The normalized spacial score (nSPS) is 28.9. The van der Waals surface area contributed by atoms with Gasteiger partial charge < -0.3 is 10.4 Å². The van der Waals surface area contributed by atoms with Gasteiger partial charge in [-0.2, -0.15) is 0 Å². The lowest BCUT2D eigenvalue weighted by atomic mass is 9.86. The molecule has 4 nitrogen and oxygen atoms in total. The quantitative estimate of drug-likeness (QED) is 0.748. The van der Waals surface area contributed by atoms with E-state index >= 15 is 0 Å². The van der Waals surface area contributed by atoms with E-state index in [0.29, 0.717) is 18.5 Å². The minimum Gasteiger partial charge on any atom is -0.393 e. The molecule has 0 bridgehead atoms. The SMILES string of the molecule is O=C(NCC1CCCCC1O)C1=CN=CC1. The molecule has 0 aromatic carbocycles. The summed E-state index contributed by atoms with van der Waals surface area (Å²) >= 11 is 0. The maximum atomic E-state index is 11.7. The zero-order valence-electron chi connectivity index (χ0n) is 9.35. The highest BCUT2D eigenvalue weighted by molar-refractivity contribution is 5.97. The molecule has 88 valence electrons. The number of aliphatic hydroxyl groups excluding tert-OH is 1. The fraction of sp³-hybridized carbons (Fsp3) is 0.667. The van der Waals surface area contributed by atoms with Crippen LogP contribution in [0.3, 0.4) is 0 Å². The summed E-state index contributed by atoms with van der Waals surface area (Å²) < 4.78 is 0. The molecule has 1 amide bonds. The third-order valence-electron chi connectivity index (χ3n) is 3.33. The van der Waals surface area contributed by atoms with Crippen molar-refractivity contribution in [1.29, 1.82) is 0 Å². The summed E-state index contributed by atoms with van der Waals surface area (Å²) in [6.45, 7) is 0.581. The van der Waals surface area contributed by atoms with Crippen LogP contribution in [0.15, 0.2) is 16.8 Å². The average Bonchev–Trinajstić information content (AvgIpc) is 2.81. The summed E-state index contributed by atoms with van der Waals surface area (Å²) in [5, 5.41) is 12.6. The number of aliphatic imine (C=N–C) groups is 1. The van der Waals surface area contributed by atoms with Crippen LogP contribution in [0.5, 0.6) is 0 Å². The van der Waals surface area contributed by atoms with Crippen molar-refractivity contribution < 1.29 is 9.90 Å². The van der Waals surface area contributed by atoms with Crippen LogP contribution in [0.2, 0.25) is 0 Å². The molecule has 0 aromatic rings. The van der Waals surface area contributed by atoms with E-state index < -0.39 is 0 Å². The largest absolute Gasteiger partial charge is 0.393 e. The minimum absolute atomic E-state index is 0.0460. The van der Waals surface area contributed by atoms with Crippen molar-refractivity contribution in [3.05, 3.63) is 11.8 Å². The molecule has 0 aromatic heterocycles. The number of carbonyl (C=O) groups excluding carboxylic acids is 1. The third-order valence-corrected chi connectivity index (χ3v) is 3.33. The van der Waals surface area contributed by atoms with Gasteiger partial charge in [0.25, 0.3) is 0 Å². The molecule has 1 fully saturated rings. The number of hydrogen-bond acceptors (Lipinski definition) is 3. The van der Waals surface area contributed by atoms with Crippen LogP contribution in [0.25, 0.3) is 0 Å². The van der Waals surface area contributed by atoms with E-state index in [-0.39, 0.29) is 17.9 Å². The molecule has 2 N–H and O–H groups in total. The highest BCUT2D eigenvalue weighted by Crippen LogP contribution is 2.23. The Morgan fingerprint density at radius 2 is 2.31 bits per heavy atom. The molecule has 2 aliphatic rings. The molecule has 1 aliphatic heterocycles. The summed E-state index contributed by atoms with van der Waals surface area (Å²) in [5.74, 6) is 0.177. The molecular weight excluding hydrogens is 204 g/mol. The van der Waals surface area contributed by atoms with Gasteiger partial charge in [0.1, 0.15) is 0 Å². The molecule has 1 heterocycles. The third kappa shape index (κ3) is 2.70. The Morgan fingerprint density at radius 3 is 3.00 bits per heavy atom. The van der Waals surface area contributed by atoms with Gasteiger partial charge in [0.15, 0.2) is 0 Å². The molecule has 2 rings (SSSR count). The van der Waals surface area contributed by atoms with Gasteiger partial charge in [0.05, 0.1) is 6.10 Å². The Labute approximate surface area is 95.5 Å². The second-order valence-corrected chi connectivity index (χ2v) is 4.51. The molecule has 1 aliphatic carbocycles. The Balaban J connectivity index is 1.76. The lowest BCUT2D eigenvalue weighted by molar-refractivity contribution is -0.117. The fourth-order valence-corrected chi connectivity index (χ4v) is 2.26. The number of nitrogens with one attached hydrogen (secondary N) is 1. The molecule has 4 heteroatoms. The first-order valence-electron chi connectivity index (χ1n) is 5.94. The van der Waals surface area contributed by atoms with E-state index in [2.05, 4.69) is 10.3 Å². The predicted octanol–water partition coefficient (Wildman–Crippen LogP) is 1.01. The number of carbonyl (C=O) groups is 1. The molecule has 0 radical (unpaired) electrons. The number of amides is 1. The van der Waals surface area contributed by atoms with Gasteiger partial charge in [-0.25, -0.2) is 0 Å². The highest BCUT2D eigenvalue weighted by atomic mass is 16.3. The summed E-state index contributed by atoms with van der Waals surface area (Å²) in [6.07, 6.45) is 7.84. The molecule has 0 saturated heterocycles. The van der Waals surface area contributed by atoms with Crippen molar-refractivity contribution >= 4 is 12.1 Å². The molecule has 2 unspecified atom stereocenters. The van der Waals surface area contributed by atoms with Crippen molar-refractivity contribution in [3.63, 3.8) is 0 Å². The van der Waals surface area contributed by atoms with Crippen LogP contribution >= 0.6 is 0 Å². The summed E-state index contributed by atoms with van der Waals surface area (Å²) in [5.41, 5.74) is 0.713. The van der Waals surface area contributed by atoms with Gasteiger partial charge in [-0.1, -0.05) is 12.8 Å². The second-order valence-electron chi connectivity index (χ2n) is 4.51. The zero-order valence-corrected chi connectivity index (χ0v) is 9.35. The molecular formula is C12H18N2O2.